The van der Waals surface area contributed by atoms with Crippen LogP contribution in [-0.2, 0) is 16.6 Å². The van der Waals surface area contributed by atoms with Gasteiger partial charge >= 0.3 is 0 Å². The fourth-order valence-electron chi connectivity index (χ4n) is 2.45. The number of aryl methyl sites for hydroxylation is 2. The van der Waals surface area contributed by atoms with Crippen LogP contribution >= 0.6 is 0 Å². The van der Waals surface area contributed by atoms with E-state index >= 15 is 0 Å². The van der Waals surface area contributed by atoms with Crippen molar-refractivity contribution >= 4 is 10.0 Å². The molecule has 2 heterocycles. The first-order valence-corrected chi connectivity index (χ1v) is 8.17. The molecule has 0 bridgehead atoms. The van der Waals surface area contributed by atoms with E-state index in [9.17, 15) is 8.42 Å². The Bertz CT molecular complexity index is 538. The number of nitrogens with zero attached hydrogens (tertiary/aromatic N) is 2. The number of hydrogen-bond acceptors (Lipinski definition) is 4. The largest absolute Gasteiger partial charge is 0.334 e. The van der Waals surface area contributed by atoms with Crippen molar-refractivity contribution in [1.82, 2.24) is 19.6 Å². The lowest BCUT2D eigenvalue weighted by Crippen LogP contribution is -2.48. The van der Waals surface area contributed by atoms with Gasteiger partial charge in [-0.15, -0.1) is 0 Å². The second-order valence-electron chi connectivity index (χ2n) is 5.23. The van der Waals surface area contributed by atoms with Crippen LogP contribution in [0.1, 0.15) is 26.1 Å². The van der Waals surface area contributed by atoms with Gasteiger partial charge in [-0.1, -0.05) is 6.92 Å². The number of piperidine rings is 1. The third-order valence-corrected chi connectivity index (χ3v) is 4.85. The van der Waals surface area contributed by atoms with Gasteiger partial charge in [0.1, 0.15) is 5.82 Å². The number of sulfonamides is 1. The Morgan fingerprint density at radius 2 is 2.26 bits per heavy atom. The van der Waals surface area contributed by atoms with Crippen LogP contribution in [0, 0.1) is 12.8 Å². The van der Waals surface area contributed by atoms with E-state index in [1.807, 2.05) is 18.4 Å². The molecule has 0 aliphatic carbocycles. The van der Waals surface area contributed by atoms with E-state index in [4.69, 9.17) is 0 Å². The first kappa shape index (κ1) is 14.5. The molecule has 2 N–H and O–H groups in total. The summed E-state index contributed by atoms with van der Waals surface area (Å²) in [5, 5.41) is 3.35. The highest BCUT2D eigenvalue weighted by Gasteiger charge is 2.26. The second-order valence-corrected chi connectivity index (χ2v) is 6.89. The molecule has 19 heavy (non-hydrogen) atoms. The molecule has 1 aromatic rings. The molecule has 6 nitrogen and oxygen atoms in total. The summed E-state index contributed by atoms with van der Waals surface area (Å²) in [6, 6.07) is -0.0548. The predicted octanol–water partition coefficient (Wildman–Crippen LogP) is 0.488. The van der Waals surface area contributed by atoms with Gasteiger partial charge in [-0.3, -0.25) is 0 Å². The topological polar surface area (TPSA) is 76.0 Å². The summed E-state index contributed by atoms with van der Waals surface area (Å²) in [5.41, 5.74) is 0. The Hall–Kier alpha value is -0.920. The monoisotopic (exact) mass is 286 g/mol. The van der Waals surface area contributed by atoms with Crippen molar-refractivity contribution in [3.05, 3.63) is 12.0 Å². The summed E-state index contributed by atoms with van der Waals surface area (Å²) in [7, 11) is -3.52. The van der Waals surface area contributed by atoms with Crippen molar-refractivity contribution in [1.29, 1.82) is 0 Å². The first-order valence-electron chi connectivity index (χ1n) is 6.69. The van der Waals surface area contributed by atoms with E-state index in [0.29, 0.717) is 12.5 Å². The third kappa shape index (κ3) is 3.34. The van der Waals surface area contributed by atoms with Crippen LogP contribution in [0.2, 0.25) is 0 Å². The zero-order valence-electron chi connectivity index (χ0n) is 11.7. The highest BCUT2D eigenvalue weighted by Crippen LogP contribution is 2.14. The molecule has 1 saturated heterocycles. The van der Waals surface area contributed by atoms with Gasteiger partial charge < -0.3 is 9.88 Å². The maximum absolute atomic E-state index is 12.3. The zero-order chi connectivity index (χ0) is 14.0. The van der Waals surface area contributed by atoms with Crippen LogP contribution in [0.5, 0.6) is 0 Å². The van der Waals surface area contributed by atoms with Crippen molar-refractivity contribution in [3.63, 3.8) is 0 Å². The fourth-order valence-corrected chi connectivity index (χ4v) is 3.71. The molecule has 0 saturated carbocycles. The summed E-state index contributed by atoms with van der Waals surface area (Å²) in [5.74, 6) is 1.20. The fraction of sp³-hybridized carbons (Fsp3) is 0.750. The Kier molecular flexibility index (Phi) is 4.27. The molecule has 1 fully saturated rings. The summed E-state index contributed by atoms with van der Waals surface area (Å²) in [6.45, 7) is 8.23. The standard InChI is InChI=1S/C12H22N4O2S/c1-4-16-8-12(14-10(16)3)19(17,18)15-11-5-9(2)6-13-7-11/h8-9,11,13,15H,4-7H2,1-3H3. The highest BCUT2D eigenvalue weighted by atomic mass is 32.2. The molecule has 1 aliphatic heterocycles. The molecule has 0 amide bonds. The summed E-state index contributed by atoms with van der Waals surface area (Å²) in [6.07, 6.45) is 2.46. The molecule has 1 aliphatic rings. The summed E-state index contributed by atoms with van der Waals surface area (Å²) in [4.78, 5) is 4.13. The number of nitrogens with one attached hydrogen (secondary N) is 2. The summed E-state index contributed by atoms with van der Waals surface area (Å²) >= 11 is 0. The maximum Gasteiger partial charge on any atom is 0.259 e. The van der Waals surface area contributed by atoms with Crippen molar-refractivity contribution in [2.24, 2.45) is 5.92 Å². The molecule has 2 unspecified atom stereocenters. The Morgan fingerprint density at radius 1 is 1.53 bits per heavy atom. The number of imidazole rings is 1. The average Bonchev–Trinajstić information content (AvgIpc) is 2.71. The van der Waals surface area contributed by atoms with Crippen LogP contribution < -0.4 is 10.0 Å². The normalized spacial score (nSPS) is 24.6. The van der Waals surface area contributed by atoms with E-state index in [1.165, 1.54) is 0 Å². The van der Waals surface area contributed by atoms with Crippen molar-refractivity contribution < 1.29 is 8.42 Å². The molecule has 1 aromatic heterocycles. The van der Waals surface area contributed by atoms with Crippen LogP contribution in [0.4, 0.5) is 0 Å². The maximum atomic E-state index is 12.3. The predicted molar refractivity (Wildman–Crippen MR) is 73.4 cm³/mol. The van der Waals surface area contributed by atoms with Gasteiger partial charge in [-0.25, -0.2) is 18.1 Å². The van der Waals surface area contributed by atoms with E-state index in [2.05, 4.69) is 21.9 Å². The SMILES string of the molecule is CCn1cc(S(=O)(=O)NC2CNCC(C)C2)nc1C. The van der Waals surface area contributed by atoms with Crippen LogP contribution in [0.3, 0.4) is 0 Å². The molecular weight excluding hydrogens is 264 g/mol. The summed E-state index contributed by atoms with van der Waals surface area (Å²) < 4.78 is 29.1. The second kappa shape index (κ2) is 5.60. The number of aromatic nitrogens is 2. The molecule has 7 heteroatoms. The van der Waals surface area contributed by atoms with Crippen LogP contribution in [0.15, 0.2) is 11.2 Å². The Balaban J connectivity index is 2.13. The van der Waals surface area contributed by atoms with Gasteiger partial charge in [0.25, 0.3) is 10.0 Å². The van der Waals surface area contributed by atoms with Crippen molar-refractivity contribution in [2.75, 3.05) is 13.1 Å². The first-order chi connectivity index (χ1) is 8.92. The van der Waals surface area contributed by atoms with E-state index in [0.717, 1.165) is 25.3 Å². The number of rotatable bonds is 4. The zero-order valence-corrected chi connectivity index (χ0v) is 12.5. The lowest BCUT2D eigenvalue weighted by atomic mass is 9.99. The number of hydrogen-bond donors (Lipinski definition) is 2. The van der Waals surface area contributed by atoms with Gasteiger partial charge in [-0.05, 0) is 32.7 Å². The van der Waals surface area contributed by atoms with Gasteiger partial charge in [0, 0.05) is 25.3 Å². The molecule has 2 rings (SSSR count). The lowest BCUT2D eigenvalue weighted by molar-refractivity contribution is 0.346. The Labute approximate surface area is 114 Å². The average molecular weight is 286 g/mol. The molecular formula is C12H22N4O2S. The van der Waals surface area contributed by atoms with Gasteiger partial charge in [0.05, 0.1) is 0 Å². The van der Waals surface area contributed by atoms with E-state index < -0.39 is 10.0 Å². The van der Waals surface area contributed by atoms with E-state index in [1.54, 1.807) is 6.20 Å². The van der Waals surface area contributed by atoms with Crippen LogP contribution in [0.25, 0.3) is 0 Å². The minimum Gasteiger partial charge on any atom is -0.334 e. The molecule has 0 aromatic carbocycles. The van der Waals surface area contributed by atoms with Crippen molar-refractivity contribution in [2.45, 2.75) is 44.8 Å². The molecule has 108 valence electrons. The van der Waals surface area contributed by atoms with Gasteiger partial charge in [0.2, 0.25) is 0 Å². The smallest absolute Gasteiger partial charge is 0.259 e. The minimum atomic E-state index is -3.52. The van der Waals surface area contributed by atoms with Crippen molar-refractivity contribution in [3.8, 4) is 0 Å². The molecule has 0 spiro atoms. The lowest BCUT2D eigenvalue weighted by Gasteiger charge is -2.27. The van der Waals surface area contributed by atoms with Gasteiger partial charge in [0.15, 0.2) is 5.03 Å². The van der Waals surface area contributed by atoms with Crippen LogP contribution in [-0.4, -0.2) is 37.1 Å². The quantitative estimate of drug-likeness (QED) is 0.844. The minimum absolute atomic E-state index is 0.0548. The van der Waals surface area contributed by atoms with E-state index in [-0.39, 0.29) is 11.1 Å². The molecule has 2 atom stereocenters. The highest BCUT2D eigenvalue weighted by molar-refractivity contribution is 7.89. The van der Waals surface area contributed by atoms with Gasteiger partial charge in [-0.2, -0.15) is 0 Å². The molecule has 0 radical (unpaired) electrons. The Morgan fingerprint density at radius 3 is 2.84 bits per heavy atom. The third-order valence-electron chi connectivity index (χ3n) is 3.46.